The van der Waals surface area contributed by atoms with Gasteiger partial charge in [0.1, 0.15) is 29.2 Å². The highest BCUT2D eigenvalue weighted by atomic mass is 32.2. The molecule has 1 fully saturated rings. The molecular weight excluding hydrogens is 322 g/mol. The number of fused-ring (bicyclic) bond motifs is 1. The van der Waals surface area contributed by atoms with Gasteiger partial charge in [-0.1, -0.05) is 0 Å². The standard InChI is InChI=1S/C14H19N3O5S/c1-20-9-7-10(21-2)13(11(8-9)22-3)14-16-23(18,19)15-12-5-4-6-17(12)14/h7-8,14,16H,4-6H2,1-3H3. The number of hydrogen-bond donors (Lipinski definition) is 1. The quantitative estimate of drug-likeness (QED) is 0.881. The first-order chi connectivity index (χ1) is 11.0. The lowest BCUT2D eigenvalue weighted by Gasteiger charge is -2.34. The third-order valence-corrected chi connectivity index (χ3v) is 4.93. The van der Waals surface area contributed by atoms with Gasteiger partial charge >= 0.3 is 10.2 Å². The first-order valence-corrected chi connectivity index (χ1v) is 8.60. The summed E-state index contributed by atoms with van der Waals surface area (Å²) in [6, 6.07) is 3.40. The Balaban J connectivity index is 2.15. The highest BCUT2D eigenvalue weighted by molar-refractivity contribution is 7.88. The van der Waals surface area contributed by atoms with Crippen molar-refractivity contribution in [2.75, 3.05) is 27.9 Å². The van der Waals surface area contributed by atoms with Gasteiger partial charge in [-0.05, 0) is 6.42 Å². The molecule has 2 heterocycles. The molecular formula is C14H19N3O5S. The summed E-state index contributed by atoms with van der Waals surface area (Å²) in [5.41, 5.74) is 0.605. The Bertz CT molecular complexity index is 722. The lowest BCUT2D eigenvalue weighted by molar-refractivity contribution is 0.288. The van der Waals surface area contributed by atoms with Crippen LogP contribution in [-0.2, 0) is 10.2 Å². The van der Waals surface area contributed by atoms with E-state index in [1.807, 2.05) is 4.90 Å². The zero-order valence-electron chi connectivity index (χ0n) is 13.2. The van der Waals surface area contributed by atoms with Gasteiger partial charge in [-0.2, -0.15) is 13.1 Å². The monoisotopic (exact) mass is 341 g/mol. The molecule has 0 bridgehead atoms. The van der Waals surface area contributed by atoms with E-state index >= 15 is 0 Å². The van der Waals surface area contributed by atoms with E-state index < -0.39 is 16.4 Å². The predicted molar refractivity (Wildman–Crippen MR) is 84.3 cm³/mol. The highest BCUT2D eigenvalue weighted by Gasteiger charge is 2.39. The maximum absolute atomic E-state index is 12.1. The van der Waals surface area contributed by atoms with Crippen molar-refractivity contribution in [1.29, 1.82) is 0 Å². The number of rotatable bonds is 4. The van der Waals surface area contributed by atoms with Gasteiger partial charge in [0.25, 0.3) is 0 Å². The van der Waals surface area contributed by atoms with Crippen molar-refractivity contribution in [2.24, 2.45) is 4.40 Å². The van der Waals surface area contributed by atoms with Crippen LogP contribution in [0.2, 0.25) is 0 Å². The topological polar surface area (TPSA) is 89.5 Å². The summed E-state index contributed by atoms with van der Waals surface area (Å²) in [4.78, 5) is 1.92. The molecule has 0 amide bonds. The fourth-order valence-electron chi connectivity index (χ4n) is 2.94. The molecule has 1 aromatic rings. The lowest BCUT2D eigenvalue weighted by Crippen LogP contribution is -2.46. The molecule has 0 saturated carbocycles. The van der Waals surface area contributed by atoms with Gasteiger partial charge in [0, 0.05) is 25.1 Å². The van der Waals surface area contributed by atoms with E-state index in [1.165, 1.54) is 14.2 Å². The van der Waals surface area contributed by atoms with E-state index in [-0.39, 0.29) is 0 Å². The Labute approximate surface area is 135 Å². The largest absolute Gasteiger partial charge is 0.496 e. The van der Waals surface area contributed by atoms with E-state index in [0.717, 1.165) is 6.42 Å². The van der Waals surface area contributed by atoms with Crippen LogP contribution in [-0.4, -0.2) is 47.0 Å². The Morgan fingerprint density at radius 1 is 1.17 bits per heavy atom. The zero-order valence-corrected chi connectivity index (χ0v) is 14.0. The van der Waals surface area contributed by atoms with E-state index in [2.05, 4.69) is 9.12 Å². The normalized spacial score (nSPS) is 22.3. The fraction of sp³-hybridized carbons (Fsp3) is 0.500. The van der Waals surface area contributed by atoms with Gasteiger partial charge in [-0.3, -0.25) is 0 Å². The SMILES string of the molecule is COc1cc(OC)c(C2NS(=O)(=O)N=C3CCCN32)c(OC)c1. The molecule has 1 atom stereocenters. The van der Waals surface area contributed by atoms with Crippen LogP contribution >= 0.6 is 0 Å². The van der Waals surface area contributed by atoms with Crippen LogP contribution in [0.3, 0.4) is 0 Å². The van der Waals surface area contributed by atoms with Crippen LogP contribution in [0, 0.1) is 0 Å². The van der Waals surface area contributed by atoms with Crippen LogP contribution in [0.25, 0.3) is 0 Å². The Morgan fingerprint density at radius 2 is 1.83 bits per heavy atom. The van der Waals surface area contributed by atoms with E-state index in [9.17, 15) is 8.42 Å². The number of ether oxygens (including phenoxy) is 3. The predicted octanol–water partition coefficient (Wildman–Crippen LogP) is 1.05. The van der Waals surface area contributed by atoms with Gasteiger partial charge in [0.2, 0.25) is 0 Å². The lowest BCUT2D eigenvalue weighted by atomic mass is 10.1. The summed E-state index contributed by atoms with van der Waals surface area (Å²) in [5, 5.41) is 0. The maximum atomic E-state index is 12.1. The second-order valence-corrected chi connectivity index (χ2v) is 6.61. The van der Waals surface area contributed by atoms with Gasteiger partial charge in [-0.25, -0.2) is 0 Å². The second kappa shape index (κ2) is 5.89. The Morgan fingerprint density at radius 3 is 2.39 bits per heavy atom. The van der Waals surface area contributed by atoms with Crippen molar-refractivity contribution in [1.82, 2.24) is 9.62 Å². The Hall–Kier alpha value is -2.00. The molecule has 8 nitrogen and oxygen atoms in total. The number of nitrogens with zero attached hydrogens (tertiary/aromatic N) is 2. The summed E-state index contributed by atoms with van der Waals surface area (Å²) < 4.78 is 46.6. The third kappa shape index (κ3) is 2.81. The average molecular weight is 341 g/mol. The number of methoxy groups -OCH3 is 3. The van der Waals surface area contributed by atoms with Crippen molar-refractivity contribution in [2.45, 2.75) is 19.0 Å². The van der Waals surface area contributed by atoms with Crippen LogP contribution in [0.1, 0.15) is 24.6 Å². The van der Waals surface area contributed by atoms with Crippen LogP contribution in [0.4, 0.5) is 0 Å². The molecule has 0 radical (unpaired) electrons. The minimum atomic E-state index is -3.75. The van der Waals surface area contributed by atoms with Crippen LogP contribution in [0.15, 0.2) is 16.5 Å². The van der Waals surface area contributed by atoms with Gasteiger partial charge in [-0.15, -0.1) is 4.40 Å². The molecule has 2 aliphatic rings. The summed E-state index contributed by atoms with van der Waals surface area (Å²) in [7, 11) is 0.842. The molecule has 126 valence electrons. The summed E-state index contributed by atoms with van der Waals surface area (Å²) in [6.07, 6.45) is 0.872. The van der Waals surface area contributed by atoms with Crippen LogP contribution in [0.5, 0.6) is 17.2 Å². The van der Waals surface area contributed by atoms with E-state index in [4.69, 9.17) is 14.2 Å². The second-order valence-electron chi connectivity index (χ2n) is 5.25. The molecule has 23 heavy (non-hydrogen) atoms. The smallest absolute Gasteiger partial charge is 0.323 e. The van der Waals surface area contributed by atoms with E-state index in [0.29, 0.717) is 41.6 Å². The van der Waals surface area contributed by atoms with E-state index in [1.54, 1.807) is 19.2 Å². The van der Waals surface area contributed by atoms with Crippen molar-refractivity contribution in [3.63, 3.8) is 0 Å². The summed E-state index contributed by atoms with van der Waals surface area (Å²) >= 11 is 0. The number of amidine groups is 1. The first kappa shape index (κ1) is 15.9. The third-order valence-electron chi connectivity index (χ3n) is 3.96. The van der Waals surface area contributed by atoms with Crippen molar-refractivity contribution >= 4 is 16.0 Å². The van der Waals surface area contributed by atoms with Gasteiger partial charge in [0.15, 0.2) is 0 Å². The van der Waals surface area contributed by atoms with Crippen LogP contribution < -0.4 is 18.9 Å². The molecule has 1 aromatic carbocycles. The summed E-state index contributed by atoms with van der Waals surface area (Å²) in [5.74, 6) is 2.11. The highest BCUT2D eigenvalue weighted by Crippen LogP contribution is 2.42. The first-order valence-electron chi connectivity index (χ1n) is 7.16. The zero-order chi connectivity index (χ0) is 16.6. The summed E-state index contributed by atoms with van der Waals surface area (Å²) in [6.45, 7) is 0.713. The molecule has 0 spiro atoms. The minimum absolute atomic E-state index is 0.488. The number of nitrogens with one attached hydrogen (secondary N) is 1. The molecule has 0 aliphatic carbocycles. The number of benzene rings is 1. The van der Waals surface area contributed by atoms with Gasteiger partial charge in [0.05, 0.1) is 26.9 Å². The number of hydrogen-bond acceptors (Lipinski definition) is 6. The van der Waals surface area contributed by atoms with Crippen molar-refractivity contribution in [3.05, 3.63) is 17.7 Å². The maximum Gasteiger partial charge on any atom is 0.323 e. The van der Waals surface area contributed by atoms with Crippen molar-refractivity contribution in [3.8, 4) is 17.2 Å². The average Bonchev–Trinajstić information content (AvgIpc) is 2.99. The Kier molecular flexibility index (Phi) is 4.07. The minimum Gasteiger partial charge on any atom is -0.496 e. The molecule has 3 rings (SSSR count). The van der Waals surface area contributed by atoms with Crippen molar-refractivity contribution < 1.29 is 22.6 Å². The molecule has 1 unspecified atom stereocenters. The molecule has 1 N–H and O–H groups in total. The molecule has 2 aliphatic heterocycles. The molecule has 1 saturated heterocycles. The van der Waals surface area contributed by atoms with Gasteiger partial charge < -0.3 is 19.1 Å². The molecule has 9 heteroatoms. The molecule has 0 aromatic heterocycles. The fourth-order valence-corrected chi connectivity index (χ4v) is 4.00.